The molecule has 2 unspecified atom stereocenters. The van der Waals surface area contributed by atoms with Crippen LogP contribution in [-0.2, 0) is 27.2 Å². The standard InChI is InChI=1S/C27H25F3N4O4S/c1-17-24(19-4-3-5-20(12-19)27(28,29)30)25(35)23(14-34(17)21-10-11-38-15-21)26(36)32-13-18-6-8-22(9-7-18)39(2,37)33-16-31/h3-9,12,14,21H,2,10-11,13,15H2,1H3,(H,32,36)(H,33,37). The van der Waals surface area contributed by atoms with Gasteiger partial charge in [-0.1, -0.05) is 24.3 Å². The van der Waals surface area contributed by atoms with Crippen LogP contribution in [0.1, 0.15) is 39.6 Å². The van der Waals surface area contributed by atoms with E-state index in [2.05, 4.69) is 15.9 Å². The number of nitriles is 1. The first-order chi connectivity index (χ1) is 18.4. The molecule has 1 amide bonds. The number of nitrogens with zero attached hydrogens (tertiary/aromatic N) is 2. The number of hydrogen-bond acceptors (Lipinski definition) is 5. The van der Waals surface area contributed by atoms with E-state index in [0.29, 0.717) is 35.8 Å². The average molecular weight is 559 g/mol. The first-order valence-electron chi connectivity index (χ1n) is 11.8. The van der Waals surface area contributed by atoms with Gasteiger partial charge in [0.25, 0.3) is 5.91 Å². The minimum atomic E-state index is -4.60. The molecule has 2 N–H and O–H groups in total. The van der Waals surface area contributed by atoms with Crippen molar-refractivity contribution in [3.05, 3.63) is 87.3 Å². The van der Waals surface area contributed by atoms with Gasteiger partial charge < -0.3 is 14.6 Å². The molecule has 0 spiro atoms. The number of hydrogen-bond donors (Lipinski definition) is 2. The number of benzene rings is 2. The predicted molar refractivity (Wildman–Crippen MR) is 140 cm³/mol. The van der Waals surface area contributed by atoms with Crippen LogP contribution < -0.4 is 15.5 Å². The minimum absolute atomic E-state index is 0.0141. The SMILES string of the molecule is C=S(=O)(NC#N)c1ccc(CNC(=O)c2cn(C3CCOC3)c(C)c(-c3cccc(C(F)(F)F)c3)c2=O)cc1. The molecule has 3 aromatic rings. The van der Waals surface area contributed by atoms with Crippen LogP contribution in [0.4, 0.5) is 13.2 Å². The third-order valence-corrected chi connectivity index (χ3v) is 7.93. The van der Waals surface area contributed by atoms with Crippen LogP contribution >= 0.6 is 0 Å². The van der Waals surface area contributed by atoms with Crippen molar-refractivity contribution < 1.29 is 26.9 Å². The van der Waals surface area contributed by atoms with Crippen LogP contribution in [-0.4, -0.2) is 33.8 Å². The molecule has 2 atom stereocenters. The second kappa shape index (κ2) is 11.0. The molecule has 1 saturated heterocycles. The molecule has 0 radical (unpaired) electrons. The third kappa shape index (κ3) is 6.00. The zero-order valence-corrected chi connectivity index (χ0v) is 21.7. The quantitative estimate of drug-likeness (QED) is 0.260. The summed E-state index contributed by atoms with van der Waals surface area (Å²) in [6.07, 6.45) is -0.950. The van der Waals surface area contributed by atoms with E-state index < -0.39 is 32.8 Å². The molecule has 2 heterocycles. The van der Waals surface area contributed by atoms with Crippen molar-refractivity contribution in [2.45, 2.75) is 37.0 Å². The summed E-state index contributed by atoms with van der Waals surface area (Å²) in [6.45, 7) is 2.48. The molecule has 1 fully saturated rings. The van der Waals surface area contributed by atoms with Gasteiger partial charge in [-0.2, -0.15) is 18.4 Å². The van der Waals surface area contributed by atoms with Crippen LogP contribution in [0.15, 0.2) is 64.4 Å². The number of halogens is 3. The number of nitrogens with one attached hydrogen (secondary N) is 2. The number of pyridine rings is 1. The lowest BCUT2D eigenvalue weighted by molar-refractivity contribution is -0.137. The summed E-state index contributed by atoms with van der Waals surface area (Å²) < 4.78 is 61.9. The van der Waals surface area contributed by atoms with Crippen molar-refractivity contribution in [2.24, 2.45) is 0 Å². The van der Waals surface area contributed by atoms with Gasteiger partial charge in [0.2, 0.25) is 5.43 Å². The van der Waals surface area contributed by atoms with Gasteiger partial charge in [-0.05, 0) is 54.6 Å². The number of aromatic nitrogens is 1. The number of alkyl halides is 3. The van der Waals surface area contributed by atoms with Gasteiger partial charge in [0.1, 0.15) is 5.56 Å². The summed E-state index contributed by atoms with van der Waals surface area (Å²) in [5.74, 6) is 2.80. The smallest absolute Gasteiger partial charge is 0.379 e. The summed E-state index contributed by atoms with van der Waals surface area (Å²) >= 11 is 0. The number of rotatable bonds is 7. The molecular weight excluding hydrogens is 533 g/mol. The van der Waals surface area contributed by atoms with Gasteiger partial charge in [-0.25, -0.2) is 8.93 Å². The molecule has 2 aromatic carbocycles. The molecule has 0 aliphatic carbocycles. The molecule has 204 valence electrons. The summed E-state index contributed by atoms with van der Waals surface area (Å²) in [5.41, 5.74) is -0.666. The normalized spacial score (nSPS) is 16.7. The Morgan fingerprint density at radius 2 is 1.97 bits per heavy atom. The summed E-state index contributed by atoms with van der Waals surface area (Å²) in [4.78, 5) is 27.0. The van der Waals surface area contributed by atoms with Gasteiger partial charge in [-0.15, -0.1) is 0 Å². The average Bonchev–Trinajstić information content (AvgIpc) is 3.42. The molecule has 1 aromatic heterocycles. The fourth-order valence-electron chi connectivity index (χ4n) is 4.43. The second-order valence-corrected chi connectivity index (χ2v) is 11.1. The van der Waals surface area contributed by atoms with Crippen LogP contribution in [0.2, 0.25) is 0 Å². The van der Waals surface area contributed by atoms with Crippen LogP contribution in [0, 0.1) is 18.4 Å². The maximum absolute atomic E-state index is 13.5. The van der Waals surface area contributed by atoms with Gasteiger partial charge in [0.05, 0.1) is 32.8 Å². The highest BCUT2D eigenvalue weighted by Gasteiger charge is 2.31. The van der Waals surface area contributed by atoms with Crippen LogP contribution in [0.5, 0.6) is 0 Å². The lowest BCUT2D eigenvalue weighted by atomic mass is 9.98. The van der Waals surface area contributed by atoms with Crippen molar-refractivity contribution in [3.8, 4) is 17.3 Å². The largest absolute Gasteiger partial charge is 0.416 e. The topological polar surface area (TPSA) is 113 Å². The molecule has 4 rings (SSSR count). The van der Waals surface area contributed by atoms with Crippen molar-refractivity contribution in [2.75, 3.05) is 13.2 Å². The monoisotopic (exact) mass is 558 g/mol. The second-order valence-electron chi connectivity index (χ2n) is 9.05. The van der Waals surface area contributed by atoms with Gasteiger partial charge in [-0.3, -0.25) is 9.59 Å². The van der Waals surface area contributed by atoms with Crippen molar-refractivity contribution in [1.29, 1.82) is 5.26 Å². The zero-order chi connectivity index (χ0) is 28.4. The van der Waals surface area contributed by atoms with Gasteiger partial charge in [0, 0.05) is 30.6 Å². The Morgan fingerprint density at radius 1 is 1.26 bits per heavy atom. The van der Waals surface area contributed by atoms with E-state index in [1.165, 1.54) is 30.5 Å². The third-order valence-electron chi connectivity index (χ3n) is 6.48. The Balaban J connectivity index is 1.69. The Morgan fingerprint density at radius 3 is 2.59 bits per heavy atom. The molecule has 0 bridgehead atoms. The number of ether oxygens (including phenoxy) is 1. The molecule has 8 nitrogen and oxygen atoms in total. The van der Waals surface area contributed by atoms with Crippen molar-refractivity contribution >= 4 is 21.5 Å². The van der Waals surface area contributed by atoms with Crippen LogP contribution in [0.25, 0.3) is 11.1 Å². The first kappa shape index (κ1) is 27.9. The summed E-state index contributed by atoms with van der Waals surface area (Å²) in [5, 5.41) is 11.4. The minimum Gasteiger partial charge on any atom is -0.379 e. The van der Waals surface area contributed by atoms with Gasteiger partial charge >= 0.3 is 6.18 Å². The molecule has 1 aliphatic rings. The maximum Gasteiger partial charge on any atom is 0.416 e. The fourth-order valence-corrected chi connectivity index (χ4v) is 5.27. The maximum atomic E-state index is 13.5. The first-order valence-corrected chi connectivity index (χ1v) is 13.6. The Bertz CT molecular complexity index is 1600. The van der Waals surface area contributed by atoms with E-state index in [-0.39, 0.29) is 29.3 Å². The molecule has 39 heavy (non-hydrogen) atoms. The Kier molecular flexibility index (Phi) is 7.85. The highest BCUT2D eigenvalue weighted by Crippen LogP contribution is 2.33. The van der Waals surface area contributed by atoms with Crippen molar-refractivity contribution in [3.63, 3.8) is 0 Å². The zero-order valence-electron chi connectivity index (χ0n) is 20.9. The van der Waals surface area contributed by atoms with E-state index in [1.807, 2.05) is 0 Å². The number of carbonyl (C=O) groups excluding carboxylic acids is 1. The van der Waals surface area contributed by atoms with Gasteiger partial charge in [0.15, 0.2) is 6.19 Å². The molecule has 12 heteroatoms. The molecule has 0 saturated carbocycles. The molecule has 1 aliphatic heterocycles. The number of carbonyl (C=O) groups is 1. The van der Waals surface area contributed by atoms with Crippen LogP contribution in [0.3, 0.4) is 0 Å². The Labute approximate surface area is 223 Å². The molecular formula is C27H25F3N4O4S. The summed E-state index contributed by atoms with van der Waals surface area (Å²) in [7, 11) is -2.99. The van der Waals surface area contributed by atoms with E-state index in [0.717, 1.165) is 12.1 Å². The highest BCUT2D eigenvalue weighted by atomic mass is 32.2. The van der Waals surface area contributed by atoms with E-state index in [9.17, 15) is 27.0 Å². The van der Waals surface area contributed by atoms with E-state index >= 15 is 0 Å². The lowest BCUT2D eigenvalue weighted by Gasteiger charge is -2.21. The lowest BCUT2D eigenvalue weighted by Crippen LogP contribution is -2.31. The Hall–Kier alpha value is -4.08. The predicted octanol–water partition coefficient (Wildman–Crippen LogP) is 3.79. The number of amides is 1. The van der Waals surface area contributed by atoms with E-state index in [1.54, 1.807) is 29.8 Å². The van der Waals surface area contributed by atoms with E-state index in [4.69, 9.17) is 10.00 Å². The summed E-state index contributed by atoms with van der Waals surface area (Å²) in [6, 6.07) is 10.5. The highest BCUT2D eigenvalue weighted by molar-refractivity contribution is 7.98. The fraction of sp³-hybridized carbons (Fsp3) is 0.259. The van der Waals surface area contributed by atoms with Crippen molar-refractivity contribution in [1.82, 2.24) is 14.6 Å².